The highest BCUT2D eigenvalue weighted by atomic mass is 35.5. The lowest BCUT2D eigenvalue weighted by Gasteiger charge is -2.09. The van der Waals surface area contributed by atoms with Gasteiger partial charge in [-0.1, -0.05) is 34.8 Å². The number of nitrogens with zero attached hydrogens (tertiary/aromatic N) is 2. The summed E-state index contributed by atoms with van der Waals surface area (Å²) in [4.78, 5) is 3.96. The summed E-state index contributed by atoms with van der Waals surface area (Å²) < 4.78 is 0. The van der Waals surface area contributed by atoms with Crippen LogP contribution >= 0.6 is 34.8 Å². The van der Waals surface area contributed by atoms with Crippen LogP contribution in [0.2, 0.25) is 15.1 Å². The molecule has 84 valence electrons. The first-order valence-electron chi connectivity index (χ1n) is 4.64. The predicted molar refractivity (Wildman–Crippen MR) is 69.4 cm³/mol. The third kappa shape index (κ3) is 2.23. The minimum absolute atomic E-state index is 0.263. The van der Waals surface area contributed by atoms with E-state index >= 15 is 0 Å². The summed E-state index contributed by atoms with van der Waals surface area (Å²) in [5.74, 6) is 0. The van der Waals surface area contributed by atoms with Gasteiger partial charge in [-0.3, -0.25) is 0 Å². The minimum atomic E-state index is 0.263. The van der Waals surface area contributed by atoms with Crippen LogP contribution in [0.4, 0.5) is 0 Å². The van der Waals surface area contributed by atoms with Gasteiger partial charge in [-0.15, -0.1) is 0 Å². The van der Waals surface area contributed by atoms with Gasteiger partial charge in [0.1, 0.15) is 11.8 Å². The fraction of sp³-hybridized carbons (Fsp3) is 0. The summed E-state index contributed by atoms with van der Waals surface area (Å²) in [5.41, 5.74) is 1.37. The molecule has 0 spiro atoms. The molecule has 0 amide bonds. The molecule has 0 N–H and O–H groups in total. The highest BCUT2D eigenvalue weighted by molar-refractivity contribution is 6.46. The summed E-state index contributed by atoms with van der Waals surface area (Å²) in [6, 6.07) is 8.69. The molecule has 0 aliphatic rings. The molecule has 0 atom stereocenters. The van der Waals surface area contributed by atoms with E-state index < -0.39 is 0 Å². The summed E-state index contributed by atoms with van der Waals surface area (Å²) in [6.45, 7) is 0. The zero-order chi connectivity index (χ0) is 12.4. The van der Waals surface area contributed by atoms with E-state index in [0.717, 1.165) is 0 Å². The minimum Gasteiger partial charge on any atom is -0.245 e. The predicted octanol–water partition coefficient (Wildman–Crippen LogP) is 4.58. The number of hydrogen-bond acceptors (Lipinski definition) is 2. The maximum absolute atomic E-state index is 9.00. The van der Waals surface area contributed by atoms with Crippen LogP contribution < -0.4 is 0 Å². The zero-order valence-corrected chi connectivity index (χ0v) is 10.7. The second-order valence-electron chi connectivity index (χ2n) is 3.23. The van der Waals surface area contributed by atoms with Gasteiger partial charge in [-0.2, -0.15) is 5.26 Å². The molecule has 1 aromatic carbocycles. The van der Waals surface area contributed by atoms with Gasteiger partial charge in [0.15, 0.2) is 0 Å². The Morgan fingerprint density at radius 3 is 2.47 bits per heavy atom. The van der Waals surface area contributed by atoms with Crippen molar-refractivity contribution in [1.82, 2.24) is 4.98 Å². The molecule has 1 aromatic heterocycles. The number of hydrogen-bond donors (Lipinski definition) is 0. The van der Waals surface area contributed by atoms with Gasteiger partial charge in [0.2, 0.25) is 0 Å². The third-order valence-corrected chi connectivity index (χ3v) is 3.35. The molecular weight excluding hydrogens is 279 g/mol. The topological polar surface area (TPSA) is 36.7 Å². The maximum Gasteiger partial charge on any atom is 0.148 e. The van der Waals surface area contributed by atoms with Crippen molar-refractivity contribution in [3.05, 3.63) is 51.2 Å². The Hall–Kier alpha value is -1.27. The molecule has 0 bridgehead atoms. The van der Waals surface area contributed by atoms with E-state index in [4.69, 9.17) is 40.1 Å². The van der Waals surface area contributed by atoms with E-state index in [-0.39, 0.29) is 5.69 Å². The summed E-state index contributed by atoms with van der Waals surface area (Å²) >= 11 is 18.1. The van der Waals surface area contributed by atoms with Crippen LogP contribution in [0.3, 0.4) is 0 Å². The molecule has 2 rings (SSSR count). The zero-order valence-electron chi connectivity index (χ0n) is 8.42. The second kappa shape index (κ2) is 4.93. The number of pyridine rings is 1. The van der Waals surface area contributed by atoms with E-state index in [1.54, 1.807) is 24.3 Å². The molecule has 5 heteroatoms. The summed E-state index contributed by atoms with van der Waals surface area (Å²) in [6.07, 6.45) is 1.54. The van der Waals surface area contributed by atoms with Crippen LogP contribution in [0, 0.1) is 11.3 Å². The number of aromatic nitrogens is 1. The lowest BCUT2D eigenvalue weighted by atomic mass is 10.0. The molecule has 2 nitrogen and oxygen atoms in total. The molecule has 0 aliphatic carbocycles. The SMILES string of the molecule is N#Cc1ncccc1-c1c(Cl)ccc(Cl)c1Cl. The number of rotatable bonds is 1. The van der Waals surface area contributed by atoms with Crippen LogP contribution in [0.25, 0.3) is 11.1 Å². The van der Waals surface area contributed by atoms with Crippen molar-refractivity contribution >= 4 is 34.8 Å². The highest BCUT2D eigenvalue weighted by Crippen LogP contribution is 2.39. The first-order chi connectivity index (χ1) is 8.15. The maximum atomic E-state index is 9.00. The Morgan fingerprint density at radius 1 is 1.06 bits per heavy atom. The smallest absolute Gasteiger partial charge is 0.148 e. The molecule has 2 aromatic rings. The van der Waals surface area contributed by atoms with Gasteiger partial charge in [0.25, 0.3) is 0 Å². The molecule has 0 saturated heterocycles. The van der Waals surface area contributed by atoms with Crippen LogP contribution in [0.15, 0.2) is 30.5 Å². The van der Waals surface area contributed by atoms with Crippen molar-refractivity contribution < 1.29 is 0 Å². The normalized spacial score (nSPS) is 10.0. The van der Waals surface area contributed by atoms with Crippen molar-refractivity contribution in [2.24, 2.45) is 0 Å². The molecule has 0 saturated carbocycles. The summed E-state index contributed by atoms with van der Waals surface area (Å²) in [7, 11) is 0. The Morgan fingerprint density at radius 2 is 1.76 bits per heavy atom. The average Bonchev–Trinajstić information content (AvgIpc) is 2.35. The Labute approximate surface area is 113 Å². The van der Waals surface area contributed by atoms with Crippen LogP contribution in [-0.4, -0.2) is 4.98 Å². The Bertz CT molecular complexity index is 618. The van der Waals surface area contributed by atoms with Crippen molar-refractivity contribution in [3.63, 3.8) is 0 Å². The average molecular weight is 284 g/mol. The number of benzene rings is 1. The van der Waals surface area contributed by atoms with Gasteiger partial charge in [0.05, 0.1) is 15.1 Å². The van der Waals surface area contributed by atoms with Gasteiger partial charge >= 0.3 is 0 Å². The molecule has 0 aliphatic heterocycles. The lowest BCUT2D eigenvalue weighted by Crippen LogP contribution is -1.90. The van der Waals surface area contributed by atoms with E-state index in [0.29, 0.717) is 26.2 Å². The van der Waals surface area contributed by atoms with E-state index in [1.807, 2.05) is 6.07 Å². The van der Waals surface area contributed by atoms with Gasteiger partial charge < -0.3 is 0 Å². The number of halogens is 3. The van der Waals surface area contributed by atoms with E-state index in [2.05, 4.69) is 4.98 Å². The third-order valence-electron chi connectivity index (χ3n) is 2.23. The Kier molecular flexibility index (Phi) is 3.54. The molecular formula is C12H5Cl3N2. The van der Waals surface area contributed by atoms with Crippen molar-refractivity contribution in [2.75, 3.05) is 0 Å². The molecule has 1 heterocycles. The van der Waals surface area contributed by atoms with Gasteiger partial charge in [-0.25, -0.2) is 4.98 Å². The Balaban J connectivity index is 2.78. The highest BCUT2D eigenvalue weighted by Gasteiger charge is 2.15. The van der Waals surface area contributed by atoms with Gasteiger partial charge in [0, 0.05) is 17.3 Å². The van der Waals surface area contributed by atoms with Gasteiger partial charge in [-0.05, 0) is 24.3 Å². The van der Waals surface area contributed by atoms with Crippen molar-refractivity contribution in [3.8, 4) is 17.2 Å². The quantitative estimate of drug-likeness (QED) is 0.718. The largest absolute Gasteiger partial charge is 0.245 e. The first-order valence-corrected chi connectivity index (χ1v) is 5.77. The van der Waals surface area contributed by atoms with Crippen molar-refractivity contribution in [1.29, 1.82) is 5.26 Å². The lowest BCUT2D eigenvalue weighted by molar-refractivity contribution is 1.26. The van der Waals surface area contributed by atoms with Crippen molar-refractivity contribution in [2.45, 2.75) is 0 Å². The standard InChI is InChI=1S/C12H5Cl3N2/c13-8-3-4-9(14)12(15)11(8)7-2-1-5-17-10(7)6-16/h1-5H. The molecule has 17 heavy (non-hydrogen) atoms. The second-order valence-corrected chi connectivity index (χ2v) is 4.42. The summed E-state index contributed by atoms with van der Waals surface area (Å²) in [5, 5.41) is 10.1. The monoisotopic (exact) mass is 282 g/mol. The fourth-order valence-corrected chi connectivity index (χ4v) is 2.20. The van der Waals surface area contributed by atoms with Crippen LogP contribution in [0.1, 0.15) is 5.69 Å². The van der Waals surface area contributed by atoms with Crippen LogP contribution in [-0.2, 0) is 0 Å². The first kappa shape index (κ1) is 12.2. The molecule has 0 fully saturated rings. The number of nitriles is 1. The fourth-order valence-electron chi connectivity index (χ4n) is 1.47. The van der Waals surface area contributed by atoms with E-state index in [1.165, 1.54) is 6.20 Å². The van der Waals surface area contributed by atoms with Crippen LogP contribution in [0.5, 0.6) is 0 Å². The molecule has 0 radical (unpaired) electrons. The van der Waals surface area contributed by atoms with E-state index in [9.17, 15) is 0 Å². The molecule has 0 unspecified atom stereocenters.